The number of piperidine rings is 3. The Kier molecular flexibility index (Phi) is 5.82. The molecule has 2 atom stereocenters. The lowest BCUT2D eigenvalue weighted by atomic mass is 9.86. The molecule has 4 aliphatic heterocycles. The number of fused-ring (bicyclic) bond motifs is 4. The zero-order chi connectivity index (χ0) is 23.0. The van der Waals surface area contributed by atoms with Gasteiger partial charge in [0.1, 0.15) is 17.6 Å². The number of ether oxygens (including phenoxy) is 3. The quantitative estimate of drug-likeness (QED) is 0.701. The second-order valence-electron chi connectivity index (χ2n) is 8.74. The first-order valence-electron chi connectivity index (χ1n) is 11.2. The number of nitrogens with one attached hydrogen (secondary N) is 1. The molecule has 1 unspecified atom stereocenters. The molecular weight excluding hydrogens is 437 g/mol. The van der Waals surface area contributed by atoms with E-state index < -0.39 is 12.5 Å². The molecule has 1 N–H and O–H groups in total. The van der Waals surface area contributed by atoms with Gasteiger partial charge >= 0.3 is 12.5 Å². The standard InChI is InChI=1S/C24H25F3N2O4/c25-24(26,27)33-18-3-1-2-16(12-18)17-4-5-21-19(13-17)20(8-11-31-21)28-23(30)32-22-14-29-9-6-15(22)7-10-29/h1-5,12-13,15,20,22H,6-11,14H2,(H,28,30)/t20?,22-/m0/s1. The summed E-state index contributed by atoms with van der Waals surface area (Å²) in [5.41, 5.74) is 2.04. The van der Waals surface area contributed by atoms with E-state index in [0.717, 1.165) is 38.0 Å². The maximum absolute atomic E-state index is 12.7. The maximum Gasteiger partial charge on any atom is 0.573 e. The Morgan fingerprint density at radius 3 is 2.58 bits per heavy atom. The minimum atomic E-state index is -4.76. The van der Waals surface area contributed by atoms with Gasteiger partial charge in [-0.1, -0.05) is 18.2 Å². The van der Waals surface area contributed by atoms with E-state index in [9.17, 15) is 18.0 Å². The zero-order valence-electron chi connectivity index (χ0n) is 17.9. The molecule has 3 fully saturated rings. The second-order valence-corrected chi connectivity index (χ2v) is 8.74. The molecule has 6 rings (SSSR count). The van der Waals surface area contributed by atoms with Crippen molar-refractivity contribution < 1.29 is 32.2 Å². The van der Waals surface area contributed by atoms with Crippen molar-refractivity contribution in [3.8, 4) is 22.6 Å². The van der Waals surface area contributed by atoms with E-state index in [2.05, 4.69) is 15.0 Å². The van der Waals surface area contributed by atoms with Crippen LogP contribution in [0.2, 0.25) is 0 Å². The molecule has 0 spiro atoms. The monoisotopic (exact) mass is 462 g/mol. The average molecular weight is 462 g/mol. The summed E-state index contributed by atoms with van der Waals surface area (Å²) in [6.07, 6.45) is -2.61. The third-order valence-corrected chi connectivity index (χ3v) is 6.60. The van der Waals surface area contributed by atoms with Gasteiger partial charge in [0.15, 0.2) is 0 Å². The number of hydrogen-bond donors (Lipinski definition) is 1. The zero-order valence-corrected chi connectivity index (χ0v) is 17.9. The Hall–Kier alpha value is -2.94. The van der Waals surface area contributed by atoms with Crippen molar-refractivity contribution in [3.63, 3.8) is 0 Å². The average Bonchev–Trinajstić information content (AvgIpc) is 2.79. The van der Waals surface area contributed by atoms with Crippen molar-refractivity contribution in [2.45, 2.75) is 37.8 Å². The fraction of sp³-hybridized carbons (Fsp3) is 0.458. The number of halogens is 3. The number of rotatable bonds is 4. The molecule has 9 heteroatoms. The van der Waals surface area contributed by atoms with E-state index in [0.29, 0.717) is 35.8 Å². The molecule has 176 valence electrons. The molecule has 4 heterocycles. The van der Waals surface area contributed by atoms with Crippen LogP contribution in [0.15, 0.2) is 42.5 Å². The molecular formula is C24H25F3N2O4. The number of benzene rings is 2. The van der Waals surface area contributed by atoms with Gasteiger partial charge in [-0.15, -0.1) is 13.2 Å². The highest BCUT2D eigenvalue weighted by molar-refractivity contribution is 5.70. The Labute approximate surface area is 189 Å². The van der Waals surface area contributed by atoms with Gasteiger partial charge in [0.05, 0.1) is 12.6 Å². The number of alkyl halides is 3. The number of carbonyl (C=O) groups excluding carboxylic acids is 1. The molecule has 33 heavy (non-hydrogen) atoms. The fourth-order valence-corrected chi connectivity index (χ4v) is 4.95. The molecule has 6 nitrogen and oxygen atoms in total. The van der Waals surface area contributed by atoms with Gasteiger partial charge in [0.25, 0.3) is 0 Å². The summed E-state index contributed by atoms with van der Waals surface area (Å²) in [4.78, 5) is 15.0. The molecule has 2 aromatic carbocycles. The van der Waals surface area contributed by atoms with E-state index in [1.807, 2.05) is 6.07 Å². The van der Waals surface area contributed by atoms with Crippen LogP contribution in [0.25, 0.3) is 11.1 Å². The Bertz CT molecular complexity index is 1020. The van der Waals surface area contributed by atoms with Crippen LogP contribution < -0.4 is 14.8 Å². The highest BCUT2D eigenvalue weighted by atomic mass is 19.4. The predicted octanol–water partition coefficient (Wildman–Crippen LogP) is 4.90. The van der Waals surface area contributed by atoms with E-state index >= 15 is 0 Å². The normalized spacial score (nSPS) is 26.2. The highest BCUT2D eigenvalue weighted by Crippen LogP contribution is 2.37. The number of amides is 1. The minimum absolute atomic E-state index is 0.0884. The molecule has 0 aromatic heterocycles. The summed E-state index contributed by atoms with van der Waals surface area (Å²) in [6.45, 7) is 3.36. The van der Waals surface area contributed by atoms with Crippen LogP contribution in [0.3, 0.4) is 0 Å². The lowest BCUT2D eigenvalue weighted by molar-refractivity contribution is -0.274. The number of hydrogen-bond acceptors (Lipinski definition) is 5. The van der Waals surface area contributed by atoms with Crippen LogP contribution in [-0.4, -0.2) is 49.7 Å². The minimum Gasteiger partial charge on any atom is -0.493 e. The van der Waals surface area contributed by atoms with Crippen LogP contribution in [0.4, 0.5) is 18.0 Å². The fourth-order valence-electron chi connectivity index (χ4n) is 4.95. The van der Waals surface area contributed by atoms with Gasteiger partial charge in [-0.3, -0.25) is 4.90 Å². The number of carbonyl (C=O) groups is 1. The summed E-state index contributed by atoms with van der Waals surface area (Å²) < 4.78 is 53.3. The molecule has 4 aliphatic rings. The van der Waals surface area contributed by atoms with E-state index in [4.69, 9.17) is 9.47 Å². The van der Waals surface area contributed by atoms with Crippen molar-refractivity contribution in [2.24, 2.45) is 5.92 Å². The first-order valence-corrected chi connectivity index (χ1v) is 11.2. The van der Waals surface area contributed by atoms with Crippen LogP contribution in [0.5, 0.6) is 11.5 Å². The largest absolute Gasteiger partial charge is 0.573 e. The Balaban J connectivity index is 1.31. The van der Waals surface area contributed by atoms with Gasteiger partial charge in [-0.25, -0.2) is 4.79 Å². The maximum atomic E-state index is 12.7. The number of nitrogens with zero attached hydrogens (tertiary/aromatic N) is 1. The van der Waals surface area contributed by atoms with Crippen molar-refractivity contribution >= 4 is 6.09 Å². The van der Waals surface area contributed by atoms with E-state index in [1.165, 1.54) is 18.2 Å². The van der Waals surface area contributed by atoms with Gasteiger partial charge in [0, 0.05) is 18.5 Å². The molecule has 1 amide bonds. The van der Waals surface area contributed by atoms with Crippen molar-refractivity contribution in [3.05, 3.63) is 48.0 Å². The SMILES string of the molecule is O=C(NC1CCOc2ccc(-c3cccc(OC(F)(F)F)c3)cc21)O[C@H]1CN2CCC1CC2. The van der Waals surface area contributed by atoms with E-state index in [-0.39, 0.29) is 17.9 Å². The second kappa shape index (κ2) is 8.78. The topological polar surface area (TPSA) is 60.0 Å². The molecule has 3 saturated heterocycles. The molecule has 2 bridgehead atoms. The molecule has 2 aromatic rings. The Morgan fingerprint density at radius 2 is 1.85 bits per heavy atom. The summed E-state index contributed by atoms with van der Waals surface area (Å²) >= 11 is 0. The smallest absolute Gasteiger partial charge is 0.493 e. The van der Waals surface area contributed by atoms with Crippen molar-refractivity contribution in [1.29, 1.82) is 0 Å². The first kappa shape index (κ1) is 21.9. The number of alkyl carbamates (subject to hydrolysis) is 1. The molecule has 0 saturated carbocycles. The van der Waals surface area contributed by atoms with Gasteiger partial charge in [0.2, 0.25) is 0 Å². The molecule has 0 aliphatic carbocycles. The van der Waals surface area contributed by atoms with Gasteiger partial charge in [-0.2, -0.15) is 0 Å². The third-order valence-electron chi connectivity index (χ3n) is 6.60. The van der Waals surface area contributed by atoms with E-state index in [1.54, 1.807) is 18.2 Å². The Morgan fingerprint density at radius 1 is 1.06 bits per heavy atom. The summed E-state index contributed by atoms with van der Waals surface area (Å²) in [5, 5.41) is 2.97. The van der Waals surface area contributed by atoms with Crippen LogP contribution in [-0.2, 0) is 4.74 Å². The lowest BCUT2D eigenvalue weighted by Crippen LogP contribution is -2.52. The van der Waals surface area contributed by atoms with Gasteiger partial charge < -0.3 is 19.5 Å². The first-order chi connectivity index (χ1) is 15.8. The lowest BCUT2D eigenvalue weighted by Gasteiger charge is -2.44. The van der Waals surface area contributed by atoms with Crippen LogP contribution in [0.1, 0.15) is 30.9 Å². The van der Waals surface area contributed by atoms with Gasteiger partial charge in [-0.05, 0) is 67.2 Å². The van der Waals surface area contributed by atoms with Crippen molar-refractivity contribution in [2.75, 3.05) is 26.2 Å². The molecule has 0 radical (unpaired) electrons. The summed E-state index contributed by atoms with van der Waals surface area (Å²) in [6, 6.07) is 10.9. The van der Waals surface area contributed by atoms with Crippen LogP contribution >= 0.6 is 0 Å². The third kappa shape index (κ3) is 5.03. The van der Waals surface area contributed by atoms with Crippen molar-refractivity contribution in [1.82, 2.24) is 10.2 Å². The highest BCUT2D eigenvalue weighted by Gasteiger charge is 2.37. The van der Waals surface area contributed by atoms with Crippen LogP contribution in [0, 0.1) is 5.92 Å². The predicted molar refractivity (Wildman–Crippen MR) is 114 cm³/mol. The summed E-state index contributed by atoms with van der Waals surface area (Å²) in [7, 11) is 0. The summed E-state index contributed by atoms with van der Waals surface area (Å²) in [5.74, 6) is 0.770.